The Bertz CT molecular complexity index is 460. The van der Waals surface area contributed by atoms with Crippen molar-refractivity contribution in [3.05, 3.63) is 29.8 Å². The highest BCUT2D eigenvalue weighted by Crippen LogP contribution is 2.17. The fourth-order valence-corrected chi connectivity index (χ4v) is 1.93. The average Bonchev–Trinajstić information content (AvgIpc) is 2.37. The topological polar surface area (TPSA) is 78.4 Å². The number of benzene rings is 1. The number of unbranched alkanes of at least 4 members (excludes halogenated alkanes) is 1. The van der Waals surface area contributed by atoms with Crippen molar-refractivity contribution in [2.75, 3.05) is 11.9 Å². The van der Waals surface area contributed by atoms with Crippen LogP contribution in [0.25, 0.3) is 0 Å². The SMILES string of the molecule is CC(=O)Nc1cccc(C(C)NCCCCC(=O)O)c1. The molecule has 3 N–H and O–H groups in total. The van der Waals surface area contributed by atoms with E-state index in [9.17, 15) is 9.59 Å². The van der Waals surface area contributed by atoms with Crippen molar-refractivity contribution in [3.8, 4) is 0 Å². The monoisotopic (exact) mass is 278 g/mol. The molecule has 1 rings (SSSR count). The third kappa shape index (κ3) is 6.33. The zero-order chi connectivity index (χ0) is 15.0. The molecule has 1 atom stereocenters. The van der Waals surface area contributed by atoms with Crippen molar-refractivity contribution in [1.29, 1.82) is 0 Å². The normalized spacial score (nSPS) is 11.9. The Morgan fingerprint density at radius 3 is 2.70 bits per heavy atom. The van der Waals surface area contributed by atoms with Gasteiger partial charge in [-0.05, 0) is 44.0 Å². The maximum absolute atomic E-state index is 11.0. The first-order chi connectivity index (χ1) is 9.49. The molecule has 0 aliphatic rings. The van der Waals surface area contributed by atoms with Gasteiger partial charge in [-0.2, -0.15) is 0 Å². The van der Waals surface area contributed by atoms with E-state index in [1.807, 2.05) is 31.2 Å². The van der Waals surface area contributed by atoms with Crippen LogP contribution >= 0.6 is 0 Å². The van der Waals surface area contributed by atoms with Crippen molar-refractivity contribution < 1.29 is 14.7 Å². The lowest BCUT2D eigenvalue weighted by Crippen LogP contribution is -2.20. The molecule has 0 radical (unpaired) electrons. The van der Waals surface area contributed by atoms with Crippen molar-refractivity contribution in [3.63, 3.8) is 0 Å². The predicted molar refractivity (Wildman–Crippen MR) is 78.7 cm³/mol. The highest BCUT2D eigenvalue weighted by molar-refractivity contribution is 5.88. The molecule has 0 aromatic heterocycles. The number of aliphatic carboxylic acids is 1. The number of carbonyl (C=O) groups excluding carboxylic acids is 1. The molecule has 5 nitrogen and oxygen atoms in total. The zero-order valence-corrected chi connectivity index (χ0v) is 12.0. The standard InChI is InChI=1S/C15H22N2O3/c1-11(16-9-4-3-8-15(19)20)13-6-5-7-14(10-13)17-12(2)18/h5-7,10-11,16H,3-4,8-9H2,1-2H3,(H,17,18)(H,19,20). The van der Waals surface area contributed by atoms with Gasteiger partial charge in [0.15, 0.2) is 0 Å². The Morgan fingerprint density at radius 2 is 2.05 bits per heavy atom. The number of rotatable bonds is 8. The number of anilines is 1. The number of hydrogen-bond acceptors (Lipinski definition) is 3. The number of carbonyl (C=O) groups is 2. The molecule has 1 aromatic rings. The van der Waals surface area contributed by atoms with Crippen LogP contribution in [-0.4, -0.2) is 23.5 Å². The summed E-state index contributed by atoms with van der Waals surface area (Å²) in [6.45, 7) is 4.31. The first-order valence-electron chi connectivity index (χ1n) is 6.82. The number of carboxylic acids is 1. The highest BCUT2D eigenvalue weighted by atomic mass is 16.4. The van der Waals surface area contributed by atoms with E-state index < -0.39 is 5.97 Å². The van der Waals surface area contributed by atoms with E-state index in [0.29, 0.717) is 6.42 Å². The summed E-state index contributed by atoms with van der Waals surface area (Å²) in [4.78, 5) is 21.4. The lowest BCUT2D eigenvalue weighted by atomic mass is 10.1. The summed E-state index contributed by atoms with van der Waals surface area (Å²) in [6.07, 6.45) is 1.73. The second-order valence-electron chi connectivity index (χ2n) is 4.83. The molecule has 1 amide bonds. The van der Waals surface area contributed by atoms with E-state index in [4.69, 9.17) is 5.11 Å². The Morgan fingerprint density at radius 1 is 1.30 bits per heavy atom. The van der Waals surface area contributed by atoms with Gasteiger partial charge in [-0.25, -0.2) is 0 Å². The predicted octanol–water partition coefficient (Wildman–Crippen LogP) is 2.55. The van der Waals surface area contributed by atoms with Gasteiger partial charge in [-0.15, -0.1) is 0 Å². The number of carboxylic acid groups (broad SMARTS) is 1. The molecule has 0 fully saturated rings. The lowest BCUT2D eigenvalue weighted by Gasteiger charge is -2.15. The van der Waals surface area contributed by atoms with Crippen LogP contribution in [0, 0.1) is 0 Å². The van der Waals surface area contributed by atoms with Crippen LogP contribution < -0.4 is 10.6 Å². The van der Waals surface area contributed by atoms with Gasteiger partial charge in [0.25, 0.3) is 0 Å². The van der Waals surface area contributed by atoms with Gasteiger partial charge < -0.3 is 15.7 Å². The van der Waals surface area contributed by atoms with E-state index in [2.05, 4.69) is 10.6 Å². The van der Waals surface area contributed by atoms with Gasteiger partial charge in [0, 0.05) is 25.1 Å². The van der Waals surface area contributed by atoms with Crippen LogP contribution in [0.2, 0.25) is 0 Å². The van der Waals surface area contributed by atoms with E-state index in [1.165, 1.54) is 6.92 Å². The zero-order valence-electron chi connectivity index (χ0n) is 12.0. The number of nitrogens with one attached hydrogen (secondary N) is 2. The summed E-state index contributed by atoms with van der Waals surface area (Å²) in [5, 5.41) is 14.7. The van der Waals surface area contributed by atoms with Crippen LogP contribution in [0.4, 0.5) is 5.69 Å². The molecule has 1 unspecified atom stereocenters. The molecule has 5 heteroatoms. The van der Waals surface area contributed by atoms with E-state index in [-0.39, 0.29) is 18.4 Å². The second kappa shape index (κ2) is 8.32. The highest BCUT2D eigenvalue weighted by Gasteiger charge is 2.06. The summed E-state index contributed by atoms with van der Waals surface area (Å²) in [5.41, 5.74) is 1.88. The molecule has 20 heavy (non-hydrogen) atoms. The first-order valence-corrected chi connectivity index (χ1v) is 6.82. The molecule has 0 aliphatic heterocycles. The van der Waals surface area contributed by atoms with Gasteiger partial charge in [0.2, 0.25) is 5.91 Å². The maximum atomic E-state index is 11.0. The molecular weight excluding hydrogens is 256 g/mol. The largest absolute Gasteiger partial charge is 0.481 e. The smallest absolute Gasteiger partial charge is 0.303 e. The van der Waals surface area contributed by atoms with Crippen molar-refractivity contribution in [1.82, 2.24) is 5.32 Å². The molecule has 0 aliphatic carbocycles. The third-order valence-electron chi connectivity index (χ3n) is 2.97. The maximum Gasteiger partial charge on any atom is 0.303 e. The van der Waals surface area contributed by atoms with Crippen molar-refractivity contribution in [2.45, 2.75) is 39.2 Å². The van der Waals surface area contributed by atoms with E-state index in [0.717, 1.165) is 24.2 Å². The van der Waals surface area contributed by atoms with E-state index in [1.54, 1.807) is 0 Å². The Labute approximate surface area is 119 Å². The lowest BCUT2D eigenvalue weighted by molar-refractivity contribution is -0.137. The summed E-state index contributed by atoms with van der Waals surface area (Å²) < 4.78 is 0. The molecule has 0 heterocycles. The third-order valence-corrected chi connectivity index (χ3v) is 2.97. The van der Waals surface area contributed by atoms with Gasteiger partial charge in [0.05, 0.1) is 0 Å². The Balaban J connectivity index is 2.40. The molecular formula is C15H22N2O3. The quantitative estimate of drug-likeness (QED) is 0.639. The second-order valence-corrected chi connectivity index (χ2v) is 4.83. The minimum absolute atomic E-state index is 0.0866. The molecule has 1 aromatic carbocycles. The average molecular weight is 278 g/mol. The van der Waals surface area contributed by atoms with Crippen LogP contribution in [0.1, 0.15) is 44.7 Å². The van der Waals surface area contributed by atoms with Crippen LogP contribution in [0.15, 0.2) is 24.3 Å². The summed E-state index contributed by atoms with van der Waals surface area (Å²) in [6, 6.07) is 7.86. The van der Waals surface area contributed by atoms with Crippen molar-refractivity contribution in [2.24, 2.45) is 0 Å². The molecule has 0 saturated heterocycles. The fourth-order valence-electron chi connectivity index (χ4n) is 1.93. The number of hydrogen-bond donors (Lipinski definition) is 3. The van der Waals surface area contributed by atoms with Crippen LogP contribution in [-0.2, 0) is 9.59 Å². The fraction of sp³-hybridized carbons (Fsp3) is 0.467. The minimum Gasteiger partial charge on any atom is -0.481 e. The van der Waals surface area contributed by atoms with Crippen LogP contribution in [0.5, 0.6) is 0 Å². The molecule has 0 spiro atoms. The summed E-state index contributed by atoms with van der Waals surface area (Å²) >= 11 is 0. The van der Waals surface area contributed by atoms with Crippen molar-refractivity contribution >= 4 is 17.6 Å². The number of amides is 1. The van der Waals surface area contributed by atoms with E-state index >= 15 is 0 Å². The van der Waals surface area contributed by atoms with Gasteiger partial charge in [0.1, 0.15) is 0 Å². The minimum atomic E-state index is -0.749. The summed E-state index contributed by atoms with van der Waals surface area (Å²) in [5.74, 6) is -0.836. The Kier molecular flexibility index (Phi) is 6.73. The molecule has 110 valence electrons. The Hall–Kier alpha value is -1.88. The molecule has 0 saturated carbocycles. The van der Waals surface area contributed by atoms with Gasteiger partial charge in [-0.1, -0.05) is 12.1 Å². The van der Waals surface area contributed by atoms with Crippen LogP contribution in [0.3, 0.4) is 0 Å². The van der Waals surface area contributed by atoms with Gasteiger partial charge in [-0.3, -0.25) is 9.59 Å². The summed E-state index contributed by atoms with van der Waals surface area (Å²) in [7, 11) is 0. The first kappa shape index (κ1) is 16.2. The van der Waals surface area contributed by atoms with Gasteiger partial charge >= 0.3 is 5.97 Å². The molecule has 0 bridgehead atoms.